The Morgan fingerprint density at radius 1 is 1.12 bits per heavy atom. The molecule has 0 spiro atoms. The van der Waals surface area contributed by atoms with Crippen LogP contribution in [0.4, 0.5) is 5.69 Å². The second-order valence-electron chi connectivity index (χ2n) is 16.6. The zero-order valence-electron chi connectivity index (χ0n) is 32.2. The first kappa shape index (κ1) is 38.5. The number of carbonyl (C=O) groups is 2. The fourth-order valence-corrected chi connectivity index (χ4v) is 9.60. The summed E-state index contributed by atoms with van der Waals surface area (Å²) in [7, 11) is 5.53. The van der Waals surface area contributed by atoms with Gasteiger partial charge >= 0.3 is 0 Å². The first-order chi connectivity index (χ1) is 24.8. The molecule has 5 fully saturated rings. The van der Waals surface area contributed by atoms with Gasteiger partial charge in [-0.3, -0.25) is 14.4 Å². The third kappa shape index (κ3) is 7.71. The van der Waals surface area contributed by atoms with Crippen molar-refractivity contribution in [2.45, 2.75) is 90.6 Å². The van der Waals surface area contributed by atoms with Gasteiger partial charge in [-0.25, -0.2) is 0 Å². The maximum absolute atomic E-state index is 14.2. The fraction of sp³-hybridized carbons (Fsp3) is 0.659. The minimum atomic E-state index is -0.888. The Balaban J connectivity index is 1.25. The molecule has 2 amide bonds. The number of hydroxylamine groups is 2. The summed E-state index contributed by atoms with van der Waals surface area (Å²) in [6.07, 6.45) is 4.22. The summed E-state index contributed by atoms with van der Waals surface area (Å²) in [4.78, 5) is 38.4. The number of likely N-dealkylation sites (tertiary alicyclic amines) is 1. The molecule has 3 aliphatic carbocycles. The molecule has 2 heterocycles. The number of anilines is 1. The van der Waals surface area contributed by atoms with Gasteiger partial charge in [0.15, 0.2) is 0 Å². The third-order valence-corrected chi connectivity index (χ3v) is 12.9. The average Bonchev–Trinajstić information content (AvgIpc) is 3.51. The van der Waals surface area contributed by atoms with Crippen LogP contribution >= 0.6 is 0 Å². The number of methoxy groups -OCH3 is 1. The van der Waals surface area contributed by atoms with Crippen LogP contribution in [0.3, 0.4) is 0 Å². The third-order valence-electron chi connectivity index (χ3n) is 12.9. The van der Waals surface area contributed by atoms with Crippen molar-refractivity contribution in [1.29, 1.82) is 0 Å². The van der Waals surface area contributed by atoms with Gasteiger partial charge in [-0.1, -0.05) is 45.4 Å². The van der Waals surface area contributed by atoms with Crippen LogP contribution < -0.4 is 20.3 Å². The van der Waals surface area contributed by atoms with Crippen molar-refractivity contribution < 1.29 is 29.4 Å². The number of nitrogens with zero attached hydrogens (tertiary/aromatic N) is 3. The van der Waals surface area contributed by atoms with Gasteiger partial charge in [-0.2, -0.15) is 5.06 Å². The van der Waals surface area contributed by atoms with Crippen LogP contribution in [0.5, 0.6) is 5.75 Å². The standard InChI is InChI=1S/C41H61N5O6/c1-25-33-21-30(41(33,3)4)22-34(25)43-40(50)37-36(26(2)48)35(24-47)52-46(37)23-27-12-11-13-32(38(27)51-7)28-18-29(20-31(19-28)44(5)6)39(49)42-14-17-45-15-9-8-10-16-45/h11-13,18-20,25-26,30,33-37,47-48H,8-10,14-17,21-24H2,1-7H3,(H,42,49)(H,43,50)/t25-,26-,30+,33-,34-,35-,36-,37-/m0/s1. The average molecular weight is 720 g/mol. The largest absolute Gasteiger partial charge is 0.496 e. The summed E-state index contributed by atoms with van der Waals surface area (Å²) < 4.78 is 6.07. The number of amides is 2. The molecule has 2 saturated heterocycles. The maximum atomic E-state index is 14.2. The summed E-state index contributed by atoms with van der Waals surface area (Å²) in [6.45, 7) is 12.0. The van der Waals surface area contributed by atoms with Crippen molar-refractivity contribution in [3.63, 3.8) is 0 Å². The highest BCUT2D eigenvalue weighted by Gasteiger charge is 2.57. The number of hydrogen-bond acceptors (Lipinski definition) is 9. The smallest absolute Gasteiger partial charge is 0.251 e. The van der Waals surface area contributed by atoms with E-state index in [9.17, 15) is 19.8 Å². The van der Waals surface area contributed by atoms with E-state index in [0.717, 1.165) is 48.4 Å². The predicted molar refractivity (Wildman–Crippen MR) is 203 cm³/mol. The van der Waals surface area contributed by atoms with Crippen molar-refractivity contribution in [2.75, 3.05) is 58.9 Å². The van der Waals surface area contributed by atoms with E-state index in [1.165, 1.54) is 25.7 Å². The number of nitrogens with one attached hydrogen (secondary N) is 2. The molecule has 8 atom stereocenters. The molecule has 0 unspecified atom stereocenters. The van der Waals surface area contributed by atoms with Crippen molar-refractivity contribution >= 4 is 17.5 Å². The summed E-state index contributed by atoms with van der Waals surface area (Å²) >= 11 is 0. The van der Waals surface area contributed by atoms with Crippen LogP contribution in [0.2, 0.25) is 0 Å². The van der Waals surface area contributed by atoms with E-state index in [-0.39, 0.29) is 31.0 Å². The molecule has 3 saturated carbocycles. The predicted octanol–water partition coefficient (Wildman–Crippen LogP) is 4.30. The Morgan fingerprint density at radius 3 is 2.50 bits per heavy atom. The molecule has 2 aromatic rings. The van der Waals surface area contributed by atoms with Gasteiger partial charge in [0.05, 0.1) is 26.4 Å². The van der Waals surface area contributed by atoms with Crippen LogP contribution in [-0.4, -0.2) is 110 Å². The van der Waals surface area contributed by atoms with Gasteiger partial charge in [0.25, 0.3) is 5.91 Å². The normalized spacial score (nSPS) is 29.2. The zero-order chi connectivity index (χ0) is 37.3. The number of aliphatic hydroxyl groups excluding tert-OH is 2. The highest BCUT2D eigenvalue weighted by Crippen LogP contribution is 2.61. The molecular formula is C41H61N5O6. The summed E-state index contributed by atoms with van der Waals surface area (Å²) in [5, 5.41) is 29.4. The van der Waals surface area contributed by atoms with Crippen molar-refractivity contribution in [1.82, 2.24) is 20.6 Å². The molecule has 11 heteroatoms. The number of piperidine rings is 1. The molecule has 2 aromatic carbocycles. The van der Waals surface area contributed by atoms with Gasteiger partial charge in [0.1, 0.15) is 17.9 Å². The Bertz CT molecular complexity index is 1570. The minimum Gasteiger partial charge on any atom is -0.496 e. The van der Waals surface area contributed by atoms with Gasteiger partial charge in [0.2, 0.25) is 5.91 Å². The molecule has 4 N–H and O–H groups in total. The van der Waals surface area contributed by atoms with E-state index in [1.807, 2.05) is 55.4 Å². The highest BCUT2D eigenvalue weighted by molar-refractivity contribution is 5.97. The first-order valence-corrected chi connectivity index (χ1v) is 19.4. The van der Waals surface area contributed by atoms with Gasteiger partial charge in [0, 0.05) is 61.5 Å². The first-order valence-electron chi connectivity index (χ1n) is 19.4. The van der Waals surface area contributed by atoms with Crippen LogP contribution in [0.15, 0.2) is 36.4 Å². The number of fused-ring (bicyclic) bond motifs is 2. The number of rotatable bonds is 13. The molecule has 0 aromatic heterocycles. The van der Waals surface area contributed by atoms with E-state index in [2.05, 4.69) is 36.3 Å². The lowest BCUT2D eigenvalue weighted by Crippen LogP contribution is -2.62. The molecular weight excluding hydrogens is 658 g/mol. The quantitative estimate of drug-likeness (QED) is 0.240. The lowest BCUT2D eigenvalue weighted by molar-refractivity contribution is -0.183. The second-order valence-corrected chi connectivity index (χ2v) is 16.6. The molecule has 0 radical (unpaired) electrons. The number of benzene rings is 2. The maximum Gasteiger partial charge on any atom is 0.251 e. The lowest BCUT2D eigenvalue weighted by atomic mass is 9.45. The lowest BCUT2D eigenvalue weighted by Gasteiger charge is -2.62. The molecule has 7 rings (SSSR count). The molecule has 2 bridgehead atoms. The molecule has 5 aliphatic rings. The van der Waals surface area contributed by atoms with Crippen LogP contribution in [0.25, 0.3) is 11.1 Å². The van der Waals surface area contributed by atoms with E-state index in [1.54, 1.807) is 19.1 Å². The minimum absolute atomic E-state index is 0.0481. The van der Waals surface area contributed by atoms with Crippen molar-refractivity contribution in [3.05, 3.63) is 47.5 Å². The second kappa shape index (κ2) is 16.0. The molecule has 11 nitrogen and oxygen atoms in total. The number of hydrogen-bond donors (Lipinski definition) is 4. The van der Waals surface area contributed by atoms with E-state index in [0.29, 0.717) is 41.0 Å². The van der Waals surface area contributed by atoms with Crippen LogP contribution in [0.1, 0.15) is 75.7 Å². The Kier molecular flexibility index (Phi) is 11.9. The van der Waals surface area contributed by atoms with Gasteiger partial charge in [-0.15, -0.1) is 0 Å². The number of ether oxygens (including phenoxy) is 1. The molecule has 52 heavy (non-hydrogen) atoms. The molecule has 286 valence electrons. The van der Waals surface area contributed by atoms with Crippen molar-refractivity contribution in [2.24, 2.45) is 29.1 Å². The Morgan fingerprint density at radius 2 is 1.87 bits per heavy atom. The van der Waals surface area contributed by atoms with E-state index in [4.69, 9.17) is 9.57 Å². The Labute approximate surface area is 310 Å². The zero-order valence-corrected chi connectivity index (χ0v) is 32.2. The summed E-state index contributed by atoms with van der Waals surface area (Å²) in [5.41, 5.74) is 4.14. The highest BCUT2D eigenvalue weighted by atomic mass is 16.7. The summed E-state index contributed by atoms with van der Waals surface area (Å²) in [6, 6.07) is 10.9. The number of carbonyl (C=O) groups excluding carboxylic acids is 2. The topological polar surface area (TPSA) is 127 Å². The van der Waals surface area contributed by atoms with E-state index < -0.39 is 24.2 Å². The fourth-order valence-electron chi connectivity index (χ4n) is 9.60. The van der Waals surface area contributed by atoms with Crippen molar-refractivity contribution in [3.8, 4) is 16.9 Å². The SMILES string of the molecule is COc1c(CN2O[C@@H](CO)[C@H]([C@H](C)O)[C@H]2C(=O)N[C@H]2C[C@H]3C[C@@H]([C@@H]2C)C3(C)C)cccc1-c1cc(C(=O)NCCN2CCCCC2)cc(N(C)C)c1. The summed E-state index contributed by atoms with van der Waals surface area (Å²) in [5.74, 6) is 1.14. The number of para-hydroxylation sites is 1. The van der Waals surface area contributed by atoms with E-state index >= 15 is 0 Å². The van der Waals surface area contributed by atoms with Gasteiger partial charge < -0.3 is 35.4 Å². The van der Waals surface area contributed by atoms with Gasteiger partial charge in [-0.05, 0) is 92.6 Å². The van der Waals surface area contributed by atoms with Crippen LogP contribution in [-0.2, 0) is 16.2 Å². The van der Waals surface area contributed by atoms with Crippen LogP contribution in [0, 0.1) is 29.1 Å². The Hall–Kier alpha value is -3.22. The number of aliphatic hydroxyl groups is 2. The molecule has 2 aliphatic heterocycles. The monoisotopic (exact) mass is 719 g/mol.